The molecule has 3 aromatic rings. The molecule has 0 amide bonds. The summed E-state index contributed by atoms with van der Waals surface area (Å²) < 4.78 is 38.3. The second-order valence-electron chi connectivity index (χ2n) is 7.68. The molecule has 1 aliphatic rings. The highest BCUT2D eigenvalue weighted by Gasteiger charge is 2.20. The van der Waals surface area contributed by atoms with Gasteiger partial charge >= 0.3 is 0 Å². The van der Waals surface area contributed by atoms with Crippen molar-refractivity contribution in [3.8, 4) is 11.8 Å². The highest BCUT2D eigenvalue weighted by Crippen LogP contribution is 2.20. The molecule has 0 aromatic heterocycles. The Labute approximate surface area is 175 Å². The van der Waals surface area contributed by atoms with Gasteiger partial charge in [-0.05, 0) is 65.6 Å². The molecule has 0 aliphatic carbocycles. The summed E-state index contributed by atoms with van der Waals surface area (Å²) in [5.41, 5.74) is 2.88. The SMILES string of the molecule is CCC1COC(CCc2ccc(C#Cc3ccc4cc(F)c(F)cc4c3)cc2)OC1. The second-order valence-corrected chi connectivity index (χ2v) is 7.68. The molecule has 0 bridgehead atoms. The van der Waals surface area contributed by atoms with E-state index in [0.29, 0.717) is 16.7 Å². The van der Waals surface area contributed by atoms with Crippen molar-refractivity contribution in [2.75, 3.05) is 13.2 Å². The minimum atomic E-state index is -0.850. The van der Waals surface area contributed by atoms with Gasteiger partial charge in [0.15, 0.2) is 17.9 Å². The Morgan fingerprint density at radius 1 is 0.833 bits per heavy atom. The van der Waals surface area contributed by atoms with Gasteiger partial charge in [0.2, 0.25) is 0 Å². The first kappa shape index (κ1) is 20.5. The molecular weight excluding hydrogens is 382 g/mol. The average molecular weight is 406 g/mol. The predicted molar refractivity (Wildman–Crippen MR) is 114 cm³/mol. The Kier molecular flexibility index (Phi) is 6.42. The topological polar surface area (TPSA) is 18.5 Å². The average Bonchev–Trinajstić information content (AvgIpc) is 2.78. The van der Waals surface area contributed by atoms with Crippen LogP contribution in [0.4, 0.5) is 8.78 Å². The van der Waals surface area contributed by atoms with E-state index in [1.807, 2.05) is 18.2 Å². The van der Waals surface area contributed by atoms with Crippen LogP contribution in [0.25, 0.3) is 10.8 Å². The zero-order chi connectivity index (χ0) is 20.9. The lowest BCUT2D eigenvalue weighted by Crippen LogP contribution is -2.32. The molecule has 4 heteroatoms. The summed E-state index contributed by atoms with van der Waals surface area (Å²) in [4.78, 5) is 0. The summed E-state index contributed by atoms with van der Waals surface area (Å²) in [6, 6.07) is 15.9. The number of hydrogen-bond acceptors (Lipinski definition) is 2. The van der Waals surface area contributed by atoms with Crippen LogP contribution in [0.15, 0.2) is 54.6 Å². The molecule has 1 saturated heterocycles. The van der Waals surface area contributed by atoms with Gasteiger partial charge in [0.05, 0.1) is 13.2 Å². The van der Waals surface area contributed by atoms with Gasteiger partial charge in [0, 0.05) is 23.5 Å². The minimum absolute atomic E-state index is 0.113. The van der Waals surface area contributed by atoms with E-state index >= 15 is 0 Å². The largest absolute Gasteiger partial charge is 0.352 e. The van der Waals surface area contributed by atoms with E-state index in [2.05, 4.69) is 30.9 Å². The fraction of sp³-hybridized carbons (Fsp3) is 0.308. The molecule has 1 heterocycles. The number of fused-ring (bicyclic) bond motifs is 1. The van der Waals surface area contributed by atoms with Crippen molar-refractivity contribution < 1.29 is 18.3 Å². The van der Waals surface area contributed by atoms with Crippen molar-refractivity contribution in [2.24, 2.45) is 5.92 Å². The first-order valence-corrected chi connectivity index (χ1v) is 10.3. The number of hydrogen-bond donors (Lipinski definition) is 0. The lowest BCUT2D eigenvalue weighted by atomic mass is 10.0. The molecule has 0 spiro atoms. The van der Waals surface area contributed by atoms with Gasteiger partial charge < -0.3 is 9.47 Å². The molecule has 0 saturated carbocycles. The van der Waals surface area contributed by atoms with Crippen molar-refractivity contribution >= 4 is 10.8 Å². The van der Waals surface area contributed by atoms with Gasteiger partial charge in [-0.3, -0.25) is 0 Å². The van der Waals surface area contributed by atoms with Crippen LogP contribution in [0.1, 0.15) is 36.5 Å². The summed E-state index contributed by atoms with van der Waals surface area (Å²) in [6.45, 7) is 3.72. The van der Waals surface area contributed by atoms with Crippen LogP contribution in [0.3, 0.4) is 0 Å². The van der Waals surface area contributed by atoms with E-state index in [1.165, 1.54) is 17.7 Å². The zero-order valence-electron chi connectivity index (χ0n) is 17.0. The first-order chi connectivity index (χ1) is 14.6. The summed E-state index contributed by atoms with van der Waals surface area (Å²) in [5.74, 6) is 5.05. The highest BCUT2D eigenvalue weighted by molar-refractivity contribution is 5.84. The molecule has 3 aromatic carbocycles. The molecule has 0 atom stereocenters. The smallest absolute Gasteiger partial charge is 0.159 e. The third kappa shape index (κ3) is 5.05. The number of halogens is 2. The number of benzene rings is 3. The van der Waals surface area contributed by atoms with Gasteiger partial charge in [-0.15, -0.1) is 0 Å². The lowest BCUT2D eigenvalue weighted by Gasteiger charge is -2.28. The summed E-state index contributed by atoms with van der Waals surface area (Å²) in [5, 5.41) is 1.29. The maximum absolute atomic E-state index is 13.5. The van der Waals surface area contributed by atoms with Crippen LogP contribution in [-0.2, 0) is 15.9 Å². The maximum Gasteiger partial charge on any atom is 0.159 e. The Hall–Kier alpha value is -2.74. The zero-order valence-corrected chi connectivity index (χ0v) is 17.0. The minimum Gasteiger partial charge on any atom is -0.352 e. The number of ether oxygens (including phenoxy) is 2. The third-order valence-electron chi connectivity index (χ3n) is 5.47. The Bertz CT molecular complexity index is 1070. The second kappa shape index (κ2) is 9.38. The van der Waals surface area contributed by atoms with Crippen LogP contribution in [0, 0.1) is 29.4 Å². The quantitative estimate of drug-likeness (QED) is 0.506. The Balaban J connectivity index is 1.37. The van der Waals surface area contributed by atoms with Crippen molar-refractivity contribution in [3.63, 3.8) is 0 Å². The van der Waals surface area contributed by atoms with Crippen molar-refractivity contribution in [3.05, 3.63) is 82.9 Å². The molecule has 30 heavy (non-hydrogen) atoms. The number of aryl methyl sites for hydroxylation is 1. The molecule has 0 N–H and O–H groups in total. The summed E-state index contributed by atoms with van der Waals surface area (Å²) in [7, 11) is 0. The van der Waals surface area contributed by atoms with E-state index in [0.717, 1.165) is 43.6 Å². The standard InChI is InChI=1S/C26H24F2O2/c1-2-18-16-29-26(30-17-18)12-10-20-5-3-19(4-6-20)7-8-21-9-11-22-14-24(27)25(28)15-23(22)13-21/h3-6,9,11,13-15,18,26H,2,10,12,16-17H2,1H3. The fourth-order valence-corrected chi connectivity index (χ4v) is 3.49. The predicted octanol–water partition coefficient (Wildman–Crippen LogP) is 5.85. The Morgan fingerprint density at radius 2 is 1.47 bits per heavy atom. The third-order valence-corrected chi connectivity index (χ3v) is 5.47. The lowest BCUT2D eigenvalue weighted by molar-refractivity contribution is -0.202. The van der Waals surface area contributed by atoms with E-state index in [9.17, 15) is 8.78 Å². The Morgan fingerprint density at radius 3 is 2.17 bits per heavy atom. The molecule has 2 nitrogen and oxygen atoms in total. The first-order valence-electron chi connectivity index (χ1n) is 10.3. The van der Waals surface area contributed by atoms with Crippen molar-refractivity contribution in [2.45, 2.75) is 32.5 Å². The molecule has 4 rings (SSSR count). The van der Waals surface area contributed by atoms with Gasteiger partial charge in [-0.25, -0.2) is 8.78 Å². The molecule has 1 aliphatic heterocycles. The van der Waals surface area contributed by atoms with Crippen LogP contribution in [-0.4, -0.2) is 19.5 Å². The van der Waals surface area contributed by atoms with Gasteiger partial charge in [-0.1, -0.05) is 37.0 Å². The van der Waals surface area contributed by atoms with Crippen LogP contribution >= 0.6 is 0 Å². The summed E-state index contributed by atoms with van der Waals surface area (Å²) in [6.07, 6.45) is 2.71. The van der Waals surface area contributed by atoms with E-state index < -0.39 is 11.6 Å². The maximum atomic E-state index is 13.5. The number of rotatable bonds is 4. The molecule has 0 radical (unpaired) electrons. The molecule has 1 fully saturated rings. The van der Waals surface area contributed by atoms with Crippen LogP contribution in [0.2, 0.25) is 0 Å². The normalized spacial score (nSPS) is 18.8. The fourth-order valence-electron chi connectivity index (χ4n) is 3.49. The van der Waals surface area contributed by atoms with E-state index in [4.69, 9.17) is 9.47 Å². The van der Waals surface area contributed by atoms with Gasteiger partial charge in [0.1, 0.15) is 0 Å². The molecular formula is C26H24F2O2. The highest BCUT2D eigenvalue weighted by atomic mass is 19.2. The van der Waals surface area contributed by atoms with Gasteiger partial charge in [0.25, 0.3) is 0 Å². The monoisotopic (exact) mass is 406 g/mol. The van der Waals surface area contributed by atoms with E-state index in [1.54, 1.807) is 12.1 Å². The van der Waals surface area contributed by atoms with Crippen LogP contribution < -0.4 is 0 Å². The molecule has 154 valence electrons. The van der Waals surface area contributed by atoms with Crippen molar-refractivity contribution in [1.82, 2.24) is 0 Å². The van der Waals surface area contributed by atoms with E-state index in [-0.39, 0.29) is 6.29 Å². The van der Waals surface area contributed by atoms with Gasteiger partial charge in [-0.2, -0.15) is 0 Å². The summed E-state index contributed by atoms with van der Waals surface area (Å²) >= 11 is 0. The van der Waals surface area contributed by atoms with Crippen molar-refractivity contribution in [1.29, 1.82) is 0 Å². The van der Waals surface area contributed by atoms with Crippen LogP contribution in [0.5, 0.6) is 0 Å². The molecule has 0 unspecified atom stereocenters.